The van der Waals surface area contributed by atoms with Gasteiger partial charge in [0.25, 0.3) is 0 Å². The summed E-state index contributed by atoms with van der Waals surface area (Å²) in [7, 11) is 2.17. The molecule has 8 heteroatoms. The fraction of sp³-hybridized carbons (Fsp3) is 0.269. The maximum atomic E-state index is 12.8. The molecule has 1 aliphatic heterocycles. The van der Waals surface area contributed by atoms with Gasteiger partial charge in [-0.05, 0) is 43.8 Å². The van der Waals surface area contributed by atoms with Crippen LogP contribution in [0.2, 0.25) is 0 Å². The van der Waals surface area contributed by atoms with E-state index in [9.17, 15) is 4.79 Å². The number of aryl methyl sites for hydroxylation is 1. The van der Waals surface area contributed by atoms with E-state index in [-0.39, 0.29) is 5.69 Å². The van der Waals surface area contributed by atoms with Crippen molar-refractivity contribution in [2.45, 2.75) is 13.5 Å². The Labute approximate surface area is 196 Å². The Kier molecular flexibility index (Phi) is 5.04. The lowest BCUT2D eigenvalue weighted by Crippen LogP contribution is -2.43. The van der Waals surface area contributed by atoms with Crippen molar-refractivity contribution in [1.29, 1.82) is 0 Å². The van der Waals surface area contributed by atoms with Gasteiger partial charge in [0.15, 0.2) is 11.3 Å². The number of benzene rings is 2. The van der Waals surface area contributed by atoms with Gasteiger partial charge in [0.05, 0.1) is 17.6 Å². The largest absolute Gasteiger partial charge is 0.359 e. The van der Waals surface area contributed by atoms with Gasteiger partial charge in [-0.15, -0.1) is 0 Å². The molecule has 0 saturated carbocycles. The Balaban J connectivity index is 1.32. The van der Waals surface area contributed by atoms with Crippen LogP contribution in [0.15, 0.2) is 59.5 Å². The molecule has 3 aromatic heterocycles. The van der Waals surface area contributed by atoms with Crippen molar-refractivity contribution in [3.05, 3.63) is 76.5 Å². The first-order valence-electron chi connectivity index (χ1n) is 11.6. The van der Waals surface area contributed by atoms with E-state index in [4.69, 9.17) is 4.98 Å². The number of nitrogens with one attached hydrogen (secondary N) is 2. The molecular formula is C26H27N7O. The van der Waals surface area contributed by atoms with Crippen molar-refractivity contribution < 1.29 is 0 Å². The minimum atomic E-state index is -0.249. The highest BCUT2D eigenvalue weighted by Gasteiger charge is 2.15. The summed E-state index contributed by atoms with van der Waals surface area (Å²) in [5, 5.41) is 1.05. The molecule has 0 amide bonds. The predicted octanol–water partition coefficient (Wildman–Crippen LogP) is 3.31. The highest BCUT2D eigenvalue weighted by atomic mass is 16.1. The van der Waals surface area contributed by atoms with Crippen molar-refractivity contribution in [3.63, 3.8) is 0 Å². The third kappa shape index (κ3) is 3.81. The van der Waals surface area contributed by atoms with E-state index >= 15 is 0 Å². The second-order valence-corrected chi connectivity index (χ2v) is 9.19. The summed E-state index contributed by atoms with van der Waals surface area (Å²) in [6.45, 7) is 7.40. The number of nitrogens with zero attached hydrogens (tertiary/aromatic N) is 5. The number of aromatic amines is 2. The van der Waals surface area contributed by atoms with Crippen LogP contribution in [0.1, 0.15) is 11.3 Å². The van der Waals surface area contributed by atoms with Gasteiger partial charge in [0.2, 0.25) is 0 Å². The molecule has 5 aromatic rings. The van der Waals surface area contributed by atoms with Gasteiger partial charge < -0.3 is 9.88 Å². The molecule has 2 N–H and O–H groups in total. The Morgan fingerprint density at radius 2 is 1.76 bits per heavy atom. The first-order valence-corrected chi connectivity index (χ1v) is 11.6. The topological polar surface area (TPSA) is 85.8 Å². The number of aromatic nitrogens is 5. The zero-order chi connectivity index (χ0) is 23.2. The van der Waals surface area contributed by atoms with E-state index in [1.807, 2.05) is 25.1 Å². The highest BCUT2D eigenvalue weighted by molar-refractivity contribution is 5.83. The fourth-order valence-electron chi connectivity index (χ4n) is 4.70. The van der Waals surface area contributed by atoms with Crippen LogP contribution in [0.5, 0.6) is 0 Å². The molecule has 0 aliphatic carbocycles. The van der Waals surface area contributed by atoms with Crippen molar-refractivity contribution in [1.82, 2.24) is 34.3 Å². The Bertz CT molecular complexity index is 1540. The molecule has 0 spiro atoms. The monoisotopic (exact) mass is 453 g/mol. The van der Waals surface area contributed by atoms with E-state index in [0.29, 0.717) is 11.3 Å². The minimum absolute atomic E-state index is 0.249. The summed E-state index contributed by atoms with van der Waals surface area (Å²) < 4.78 is 1.59. The van der Waals surface area contributed by atoms with E-state index < -0.39 is 0 Å². The lowest BCUT2D eigenvalue weighted by molar-refractivity contribution is 0.148. The minimum Gasteiger partial charge on any atom is -0.359 e. The molecule has 172 valence electrons. The van der Waals surface area contributed by atoms with Gasteiger partial charge in [0, 0.05) is 54.9 Å². The number of imidazole rings is 1. The Morgan fingerprint density at radius 3 is 2.56 bits per heavy atom. The summed E-state index contributed by atoms with van der Waals surface area (Å²) in [4.78, 5) is 33.1. The molecule has 8 nitrogen and oxygen atoms in total. The van der Waals surface area contributed by atoms with Gasteiger partial charge in [-0.3, -0.25) is 9.88 Å². The van der Waals surface area contributed by atoms with Gasteiger partial charge in [0.1, 0.15) is 0 Å². The molecule has 1 fully saturated rings. The zero-order valence-corrected chi connectivity index (χ0v) is 19.4. The molecular weight excluding hydrogens is 426 g/mol. The lowest BCUT2D eigenvalue weighted by Gasteiger charge is -2.32. The average Bonchev–Trinajstić information content (AvgIpc) is 3.37. The molecule has 0 radical (unpaired) electrons. The Morgan fingerprint density at radius 1 is 0.971 bits per heavy atom. The molecule has 0 atom stereocenters. The number of H-pyrrole nitrogens is 2. The fourth-order valence-corrected chi connectivity index (χ4v) is 4.70. The average molecular weight is 454 g/mol. The maximum absolute atomic E-state index is 12.8. The van der Waals surface area contributed by atoms with E-state index in [1.54, 1.807) is 10.8 Å². The van der Waals surface area contributed by atoms with E-state index in [1.165, 1.54) is 5.56 Å². The molecule has 1 saturated heterocycles. The van der Waals surface area contributed by atoms with Gasteiger partial charge in [-0.2, -0.15) is 0 Å². The zero-order valence-electron chi connectivity index (χ0n) is 19.4. The van der Waals surface area contributed by atoms with E-state index in [2.05, 4.69) is 62.1 Å². The first kappa shape index (κ1) is 20.8. The number of hydrogen-bond acceptors (Lipinski definition) is 5. The molecule has 4 heterocycles. The van der Waals surface area contributed by atoms with Crippen LogP contribution >= 0.6 is 0 Å². The van der Waals surface area contributed by atoms with Crippen molar-refractivity contribution >= 4 is 22.2 Å². The molecule has 1 aliphatic rings. The number of fused-ring (bicyclic) bond motifs is 2. The molecule has 0 unspecified atom stereocenters. The summed E-state index contributed by atoms with van der Waals surface area (Å²) in [6.07, 6.45) is 1.72. The van der Waals surface area contributed by atoms with E-state index in [0.717, 1.165) is 66.3 Å². The van der Waals surface area contributed by atoms with Crippen LogP contribution in [0.25, 0.3) is 39.1 Å². The van der Waals surface area contributed by atoms with Gasteiger partial charge >= 0.3 is 5.69 Å². The maximum Gasteiger partial charge on any atom is 0.333 e. The van der Waals surface area contributed by atoms with Crippen LogP contribution in [-0.2, 0) is 6.54 Å². The third-order valence-corrected chi connectivity index (χ3v) is 6.64. The molecule has 0 bridgehead atoms. The standard InChI is InChI=1S/C26H27N7O/c1-17-13-20-14-21(7-8-22(20)28-17)33-25-24(30-26(33)34)27-15-23(29-25)19-5-3-18(4-6-19)16-32-11-9-31(2)10-12-32/h3-8,13-15,28H,9-12,16H2,1-2H3,(H,27,30,34). The summed E-state index contributed by atoms with van der Waals surface area (Å²) >= 11 is 0. The second-order valence-electron chi connectivity index (χ2n) is 9.19. The number of likely N-dealkylation sites (N-methyl/N-ethyl adjacent to an activating group) is 1. The number of piperazine rings is 1. The highest BCUT2D eigenvalue weighted by Crippen LogP contribution is 2.23. The SMILES string of the molecule is Cc1cc2cc(-n3c(=O)[nH]c4ncc(-c5ccc(CN6CCN(C)CC6)cc5)nc43)ccc2[nH]1. The van der Waals surface area contributed by atoms with Crippen LogP contribution in [-0.4, -0.2) is 67.5 Å². The predicted molar refractivity (Wildman–Crippen MR) is 134 cm³/mol. The van der Waals surface area contributed by atoms with Crippen LogP contribution in [0, 0.1) is 6.92 Å². The van der Waals surface area contributed by atoms with Crippen molar-refractivity contribution in [2.24, 2.45) is 0 Å². The van der Waals surface area contributed by atoms with Gasteiger partial charge in [-0.25, -0.2) is 19.3 Å². The summed E-state index contributed by atoms with van der Waals surface area (Å²) in [5.74, 6) is 0. The van der Waals surface area contributed by atoms with Crippen LogP contribution < -0.4 is 5.69 Å². The normalized spacial score (nSPS) is 15.5. The summed E-state index contributed by atoms with van der Waals surface area (Å²) in [6, 6.07) is 16.5. The number of rotatable bonds is 4. The molecule has 6 rings (SSSR count). The lowest BCUT2D eigenvalue weighted by atomic mass is 10.1. The first-order chi connectivity index (χ1) is 16.5. The smallest absolute Gasteiger partial charge is 0.333 e. The molecule has 34 heavy (non-hydrogen) atoms. The Hall–Kier alpha value is -3.75. The second kappa shape index (κ2) is 8.23. The summed E-state index contributed by atoms with van der Waals surface area (Å²) in [5.41, 5.74) is 6.64. The number of hydrogen-bond donors (Lipinski definition) is 2. The van der Waals surface area contributed by atoms with Crippen LogP contribution in [0.3, 0.4) is 0 Å². The van der Waals surface area contributed by atoms with Crippen molar-refractivity contribution in [2.75, 3.05) is 33.2 Å². The van der Waals surface area contributed by atoms with Crippen LogP contribution in [0.4, 0.5) is 0 Å². The third-order valence-electron chi connectivity index (χ3n) is 6.64. The van der Waals surface area contributed by atoms with Gasteiger partial charge in [-0.1, -0.05) is 24.3 Å². The van der Waals surface area contributed by atoms with Crippen molar-refractivity contribution in [3.8, 4) is 16.9 Å². The quantitative estimate of drug-likeness (QED) is 0.436. The molecule has 2 aromatic carbocycles.